The van der Waals surface area contributed by atoms with E-state index in [1.807, 2.05) is 4.83 Å². The van der Waals surface area contributed by atoms with Crippen molar-refractivity contribution in [3.63, 3.8) is 0 Å². The summed E-state index contributed by atoms with van der Waals surface area (Å²) >= 11 is 5.69. The molecule has 0 atom stereocenters. The van der Waals surface area contributed by atoms with Crippen molar-refractivity contribution in [1.82, 2.24) is 4.83 Å². The quantitative estimate of drug-likeness (QED) is 0.513. The predicted molar refractivity (Wildman–Crippen MR) is 82.5 cm³/mol. The lowest BCUT2D eigenvalue weighted by Crippen LogP contribution is -2.18. The minimum absolute atomic E-state index is 0.00749. The van der Waals surface area contributed by atoms with Crippen LogP contribution >= 0.6 is 11.6 Å². The molecule has 114 valence electrons. The highest BCUT2D eigenvalue weighted by Gasteiger charge is 2.12. The summed E-state index contributed by atoms with van der Waals surface area (Å²) in [7, 11) is -3.81. The highest BCUT2D eigenvalue weighted by atomic mass is 35.5. The van der Waals surface area contributed by atoms with Gasteiger partial charge < -0.3 is 0 Å². The molecule has 0 spiro atoms. The number of sulfonamides is 1. The molecule has 0 heterocycles. The summed E-state index contributed by atoms with van der Waals surface area (Å²) < 4.78 is 23.9. The maximum absolute atomic E-state index is 11.9. The van der Waals surface area contributed by atoms with Gasteiger partial charge in [-0.05, 0) is 24.3 Å². The summed E-state index contributed by atoms with van der Waals surface area (Å²) in [6.07, 6.45) is 1.18. The molecule has 1 N–H and O–H groups in total. The Morgan fingerprint density at radius 2 is 1.86 bits per heavy atom. The lowest BCUT2D eigenvalue weighted by atomic mass is 10.2. The molecule has 0 aliphatic rings. The van der Waals surface area contributed by atoms with Crippen LogP contribution in [0.5, 0.6) is 0 Å². The average molecular weight is 340 g/mol. The summed E-state index contributed by atoms with van der Waals surface area (Å²) in [6, 6.07) is 11.2. The van der Waals surface area contributed by atoms with E-state index in [2.05, 4.69) is 5.10 Å². The maximum Gasteiger partial charge on any atom is 0.276 e. The first-order valence-electron chi connectivity index (χ1n) is 5.93. The molecule has 0 radical (unpaired) electrons. The molecule has 0 aliphatic heterocycles. The van der Waals surface area contributed by atoms with Gasteiger partial charge in [0.15, 0.2) is 0 Å². The molecule has 2 aromatic rings. The number of nitro groups is 1. The van der Waals surface area contributed by atoms with Crippen LogP contribution in [0.2, 0.25) is 5.02 Å². The Kier molecular flexibility index (Phi) is 4.74. The van der Waals surface area contributed by atoms with Crippen LogP contribution in [-0.2, 0) is 10.0 Å². The number of halogens is 1. The van der Waals surface area contributed by atoms with E-state index in [0.717, 1.165) is 0 Å². The predicted octanol–water partition coefficient (Wildman–Crippen LogP) is 2.56. The zero-order chi connectivity index (χ0) is 16.2. The molecule has 0 unspecified atom stereocenters. The Morgan fingerprint density at radius 1 is 1.18 bits per heavy atom. The Morgan fingerprint density at radius 3 is 2.50 bits per heavy atom. The van der Waals surface area contributed by atoms with E-state index in [4.69, 9.17) is 11.6 Å². The van der Waals surface area contributed by atoms with Gasteiger partial charge in [-0.1, -0.05) is 23.7 Å². The van der Waals surface area contributed by atoms with Crippen molar-refractivity contribution in [2.45, 2.75) is 4.90 Å². The van der Waals surface area contributed by atoms with Crippen molar-refractivity contribution in [2.24, 2.45) is 5.10 Å². The molecule has 2 aromatic carbocycles. The van der Waals surface area contributed by atoms with E-state index < -0.39 is 14.9 Å². The number of non-ortho nitro benzene ring substituents is 1. The second kappa shape index (κ2) is 6.54. The van der Waals surface area contributed by atoms with Gasteiger partial charge in [0.05, 0.1) is 16.0 Å². The lowest BCUT2D eigenvalue weighted by Gasteiger charge is -2.03. The zero-order valence-electron chi connectivity index (χ0n) is 11.0. The van der Waals surface area contributed by atoms with Crippen LogP contribution < -0.4 is 4.83 Å². The van der Waals surface area contributed by atoms with Gasteiger partial charge in [0.1, 0.15) is 0 Å². The normalized spacial score (nSPS) is 11.5. The minimum Gasteiger partial charge on any atom is -0.258 e. The van der Waals surface area contributed by atoms with Gasteiger partial charge >= 0.3 is 0 Å². The van der Waals surface area contributed by atoms with Gasteiger partial charge in [-0.15, -0.1) is 0 Å². The molecule has 0 saturated carbocycles. The van der Waals surface area contributed by atoms with E-state index in [-0.39, 0.29) is 10.6 Å². The molecule has 0 bridgehead atoms. The number of rotatable bonds is 5. The SMILES string of the molecule is O=[N+]([O-])c1cccc(/C=N/NS(=O)(=O)c2ccc(Cl)cc2)c1. The van der Waals surface area contributed by atoms with Crippen molar-refractivity contribution < 1.29 is 13.3 Å². The van der Waals surface area contributed by atoms with Crippen LogP contribution in [0, 0.1) is 10.1 Å². The van der Waals surface area contributed by atoms with Gasteiger partial charge in [0.25, 0.3) is 15.7 Å². The standard InChI is InChI=1S/C13H10ClN3O4S/c14-11-4-6-13(7-5-11)22(20,21)16-15-9-10-2-1-3-12(8-10)17(18)19/h1-9,16H/b15-9+. The van der Waals surface area contributed by atoms with Crippen molar-refractivity contribution in [1.29, 1.82) is 0 Å². The van der Waals surface area contributed by atoms with Crippen molar-refractivity contribution in [3.8, 4) is 0 Å². The zero-order valence-corrected chi connectivity index (χ0v) is 12.6. The second-order valence-electron chi connectivity index (χ2n) is 4.16. The Bertz CT molecular complexity index is 819. The first-order valence-corrected chi connectivity index (χ1v) is 7.79. The number of hydrogen-bond donors (Lipinski definition) is 1. The fourth-order valence-electron chi connectivity index (χ4n) is 1.56. The smallest absolute Gasteiger partial charge is 0.258 e. The third-order valence-electron chi connectivity index (χ3n) is 2.59. The van der Waals surface area contributed by atoms with E-state index in [1.165, 1.54) is 48.7 Å². The first-order chi connectivity index (χ1) is 10.4. The minimum atomic E-state index is -3.81. The van der Waals surface area contributed by atoms with Crippen LogP contribution in [-0.4, -0.2) is 19.6 Å². The lowest BCUT2D eigenvalue weighted by molar-refractivity contribution is -0.384. The van der Waals surface area contributed by atoms with E-state index in [9.17, 15) is 18.5 Å². The third-order valence-corrected chi connectivity index (χ3v) is 4.08. The molecule has 0 aromatic heterocycles. The molecule has 22 heavy (non-hydrogen) atoms. The summed E-state index contributed by atoms with van der Waals surface area (Å²) in [5, 5.41) is 14.6. The number of nitrogens with zero attached hydrogens (tertiary/aromatic N) is 2. The monoisotopic (exact) mass is 339 g/mol. The number of nitrogens with one attached hydrogen (secondary N) is 1. The summed E-state index contributed by atoms with van der Waals surface area (Å²) in [5.74, 6) is 0. The topological polar surface area (TPSA) is 102 Å². The molecule has 9 heteroatoms. The van der Waals surface area contributed by atoms with Gasteiger partial charge in [0.2, 0.25) is 0 Å². The number of hydrogen-bond acceptors (Lipinski definition) is 5. The second-order valence-corrected chi connectivity index (χ2v) is 6.26. The van der Waals surface area contributed by atoms with Crippen molar-refractivity contribution in [3.05, 3.63) is 69.2 Å². The molecular formula is C13H10ClN3O4S. The number of benzene rings is 2. The largest absolute Gasteiger partial charge is 0.276 e. The highest BCUT2D eigenvalue weighted by molar-refractivity contribution is 7.89. The Labute approximate surface area is 131 Å². The summed E-state index contributed by atoms with van der Waals surface area (Å²) in [6.45, 7) is 0. The van der Waals surface area contributed by atoms with Gasteiger partial charge in [0, 0.05) is 22.7 Å². The van der Waals surface area contributed by atoms with E-state index in [0.29, 0.717) is 10.6 Å². The van der Waals surface area contributed by atoms with Gasteiger partial charge in [-0.3, -0.25) is 10.1 Å². The van der Waals surface area contributed by atoms with Crippen LogP contribution in [0.25, 0.3) is 0 Å². The molecule has 0 aliphatic carbocycles. The first kappa shape index (κ1) is 15.9. The van der Waals surface area contributed by atoms with Gasteiger partial charge in [-0.25, -0.2) is 4.83 Å². The number of nitro benzene ring substituents is 1. The van der Waals surface area contributed by atoms with E-state index in [1.54, 1.807) is 6.07 Å². The fourth-order valence-corrected chi connectivity index (χ4v) is 2.47. The summed E-state index contributed by atoms with van der Waals surface area (Å²) in [5.41, 5.74) is 0.289. The third kappa shape index (κ3) is 4.03. The van der Waals surface area contributed by atoms with Crippen LogP contribution in [0.3, 0.4) is 0 Å². The molecular weight excluding hydrogens is 330 g/mol. The van der Waals surface area contributed by atoms with Gasteiger partial charge in [-0.2, -0.15) is 13.5 Å². The number of hydrazone groups is 1. The molecule has 0 fully saturated rings. The molecule has 7 nitrogen and oxygen atoms in total. The van der Waals surface area contributed by atoms with Crippen LogP contribution in [0.15, 0.2) is 58.5 Å². The molecule has 0 amide bonds. The van der Waals surface area contributed by atoms with Crippen molar-refractivity contribution >= 4 is 33.5 Å². The van der Waals surface area contributed by atoms with Crippen LogP contribution in [0.4, 0.5) is 5.69 Å². The molecule has 2 rings (SSSR count). The molecule has 0 saturated heterocycles. The maximum atomic E-state index is 11.9. The van der Waals surface area contributed by atoms with Crippen molar-refractivity contribution in [2.75, 3.05) is 0 Å². The summed E-state index contributed by atoms with van der Waals surface area (Å²) in [4.78, 5) is 12.1. The average Bonchev–Trinajstić information content (AvgIpc) is 2.48. The van der Waals surface area contributed by atoms with E-state index >= 15 is 0 Å². The van der Waals surface area contributed by atoms with Crippen LogP contribution in [0.1, 0.15) is 5.56 Å². The Hall–Kier alpha value is -2.45. The fraction of sp³-hybridized carbons (Fsp3) is 0. The highest BCUT2D eigenvalue weighted by Crippen LogP contribution is 2.14. The Balaban J connectivity index is 2.13.